The van der Waals surface area contributed by atoms with Gasteiger partial charge in [0.25, 0.3) is 0 Å². The van der Waals surface area contributed by atoms with Gasteiger partial charge in [-0.1, -0.05) is 29.3 Å². The van der Waals surface area contributed by atoms with E-state index in [1.807, 2.05) is 7.05 Å². The van der Waals surface area contributed by atoms with Crippen LogP contribution in [-0.2, 0) is 6.54 Å². The van der Waals surface area contributed by atoms with Gasteiger partial charge in [-0.3, -0.25) is 0 Å². The summed E-state index contributed by atoms with van der Waals surface area (Å²) in [4.78, 5) is 0. The number of nitrogens with one attached hydrogen (secondary N) is 1. The quantitative estimate of drug-likeness (QED) is 0.873. The molecule has 0 spiro atoms. The summed E-state index contributed by atoms with van der Waals surface area (Å²) >= 11 is 11.9. The predicted molar refractivity (Wildman–Crippen MR) is 74.6 cm³/mol. The van der Waals surface area contributed by atoms with Gasteiger partial charge in [0.15, 0.2) is 0 Å². The summed E-state index contributed by atoms with van der Waals surface area (Å²) in [6, 6.07) is 10.0. The summed E-state index contributed by atoms with van der Waals surface area (Å²) in [5.74, 6) is -0.284. The zero-order valence-corrected chi connectivity index (χ0v) is 11.3. The number of hydrogen-bond acceptors (Lipinski definition) is 1. The molecule has 0 radical (unpaired) electrons. The maximum atomic E-state index is 13.9. The Kier molecular flexibility index (Phi) is 4.23. The Hall–Kier alpha value is -1.09. The summed E-state index contributed by atoms with van der Waals surface area (Å²) in [5.41, 5.74) is 2.19. The molecule has 18 heavy (non-hydrogen) atoms. The van der Waals surface area contributed by atoms with Crippen molar-refractivity contribution in [3.05, 3.63) is 57.8 Å². The minimum absolute atomic E-state index is 0.284. The van der Waals surface area contributed by atoms with E-state index in [0.717, 1.165) is 5.56 Å². The molecule has 4 heteroatoms. The van der Waals surface area contributed by atoms with Crippen molar-refractivity contribution in [1.82, 2.24) is 5.32 Å². The first kappa shape index (κ1) is 13.3. The molecule has 0 amide bonds. The first-order valence-electron chi connectivity index (χ1n) is 5.49. The van der Waals surface area contributed by atoms with Crippen molar-refractivity contribution in [2.45, 2.75) is 6.54 Å². The molecule has 94 valence electrons. The molecule has 0 saturated carbocycles. The van der Waals surface area contributed by atoms with E-state index < -0.39 is 0 Å². The highest BCUT2D eigenvalue weighted by Gasteiger charge is 2.08. The monoisotopic (exact) mass is 283 g/mol. The van der Waals surface area contributed by atoms with Crippen LogP contribution in [-0.4, -0.2) is 7.05 Å². The van der Waals surface area contributed by atoms with E-state index in [1.165, 1.54) is 6.07 Å². The summed E-state index contributed by atoms with van der Waals surface area (Å²) < 4.78 is 13.9. The summed E-state index contributed by atoms with van der Waals surface area (Å²) in [6.07, 6.45) is 0. The Morgan fingerprint density at radius 2 is 1.72 bits per heavy atom. The fourth-order valence-corrected chi connectivity index (χ4v) is 2.34. The van der Waals surface area contributed by atoms with Crippen molar-refractivity contribution in [3.63, 3.8) is 0 Å². The van der Waals surface area contributed by atoms with Gasteiger partial charge in [0.1, 0.15) is 5.82 Å². The number of benzene rings is 2. The third-order valence-electron chi connectivity index (χ3n) is 2.59. The van der Waals surface area contributed by atoms with Crippen LogP contribution < -0.4 is 5.32 Å². The Bertz CT molecular complexity index is 549. The van der Waals surface area contributed by atoms with Crippen molar-refractivity contribution in [2.24, 2.45) is 0 Å². The summed E-state index contributed by atoms with van der Waals surface area (Å²) in [7, 11) is 1.85. The molecule has 0 aliphatic rings. The van der Waals surface area contributed by atoms with Gasteiger partial charge in [0.05, 0.1) is 0 Å². The second-order valence-corrected chi connectivity index (χ2v) is 4.88. The van der Waals surface area contributed by atoms with E-state index in [-0.39, 0.29) is 5.82 Å². The van der Waals surface area contributed by atoms with Crippen LogP contribution >= 0.6 is 23.2 Å². The second-order valence-electron chi connectivity index (χ2n) is 4.00. The first-order valence-corrected chi connectivity index (χ1v) is 6.25. The molecule has 0 fully saturated rings. The molecule has 2 rings (SSSR count). The first-order chi connectivity index (χ1) is 8.60. The van der Waals surface area contributed by atoms with Gasteiger partial charge in [0.2, 0.25) is 0 Å². The largest absolute Gasteiger partial charge is 0.316 e. The molecular weight excluding hydrogens is 272 g/mol. The predicted octanol–water partition coefficient (Wildman–Crippen LogP) is 4.52. The SMILES string of the molecule is CNCc1ccc(F)c(-c2cc(Cl)cc(Cl)c2)c1. The van der Waals surface area contributed by atoms with Crippen LogP contribution in [0.25, 0.3) is 11.1 Å². The van der Waals surface area contributed by atoms with Crippen molar-refractivity contribution < 1.29 is 4.39 Å². The Balaban J connectivity index is 2.51. The zero-order chi connectivity index (χ0) is 13.1. The van der Waals surface area contributed by atoms with Crippen LogP contribution in [0.15, 0.2) is 36.4 Å². The van der Waals surface area contributed by atoms with Gasteiger partial charge in [-0.15, -0.1) is 0 Å². The van der Waals surface area contributed by atoms with Crippen LogP contribution in [0.4, 0.5) is 4.39 Å². The molecule has 0 unspecified atom stereocenters. The minimum Gasteiger partial charge on any atom is -0.316 e. The zero-order valence-electron chi connectivity index (χ0n) is 9.81. The van der Waals surface area contributed by atoms with E-state index >= 15 is 0 Å². The number of halogens is 3. The highest BCUT2D eigenvalue weighted by Crippen LogP contribution is 2.29. The standard InChI is InChI=1S/C14H12Cl2FN/c1-18-8-9-2-3-14(17)13(4-9)10-5-11(15)7-12(16)6-10/h2-7,18H,8H2,1H3. The van der Waals surface area contributed by atoms with E-state index in [9.17, 15) is 4.39 Å². The smallest absolute Gasteiger partial charge is 0.131 e. The summed E-state index contributed by atoms with van der Waals surface area (Å²) in [5, 5.41) is 4.02. The lowest BCUT2D eigenvalue weighted by Crippen LogP contribution is -2.05. The molecule has 0 aliphatic carbocycles. The topological polar surface area (TPSA) is 12.0 Å². The van der Waals surface area contributed by atoms with Gasteiger partial charge < -0.3 is 5.32 Å². The highest BCUT2D eigenvalue weighted by atomic mass is 35.5. The second kappa shape index (κ2) is 5.70. The Morgan fingerprint density at radius 3 is 2.33 bits per heavy atom. The van der Waals surface area contributed by atoms with Gasteiger partial charge in [-0.2, -0.15) is 0 Å². The molecule has 0 aromatic heterocycles. The van der Waals surface area contributed by atoms with Crippen LogP contribution in [0.5, 0.6) is 0 Å². The van der Waals surface area contributed by atoms with E-state index in [2.05, 4.69) is 5.32 Å². The van der Waals surface area contributed by atoms with Crippen LogP contribution in [0.1, 0.15) is 5.56 Å². The molecule has 2 aromatic carbocycles. The molecule has 0 saturated heterocycles. The Morgan fingerprint density at radius 1 is 1.06 bits per heavy atom. The molecule has 0 heterocycles. The van der Waals surface area contributed by atoms with E-state index in [4.69, 9.17) is 23.2 Å². The molecule has 1 N–H and O–H groups in total. The maximum absolute atomic E-state index is 13.9. The van der Waals surface area contributed by atoms with E-state index in [1.54, 1.807) is 30.3 Å². The lowest BCUT2D eigenvalue weighted by Gasteiger charge is -2.08. The maximum Gasteiger partial charge on any atom is 0.131 e. The average molecular weight is 284 g/mol. The average Bonchev–Trinajstić information content (AvgIpc) is 2.30. The normalized spacial score (nSPS) is 10.7. The van der Waals surface area contributed by atoms with Gasteiger partial charge in [-0.05, 0) is 48.5 Å². The third-order valence-corrected chi connectivity index (χ3v) is 3.02. The van der Waals surface area contributed by atoms with Crippen molar-refractivity contribution in [3.8, 4) is 11.1 Å². The Labute approximate surface area is 116 Å². The van der Waals surface area contributed by atoms with Gasteiger partial charge in [-0.25, -0.2) is 4.39 Å². The highest BCUT2D eigenvalue weighted by molar-refractivity contribution is 6.35. The van der Waals surface area contributed by atoms with Gasteiger partial charge in [0, 0.05) is 22.2 Å². The fraction of sp³-hybridized carbons (Fsp3) is 0.143. The van der Waals surface area contributed by atoms with Crippen molar-refractivity contribution >= 4 is 23.2 Å². The van der Waals surface area contributed by atoms with Crippen molar-refractivity contribution in [1.29, 1.82) is 0 Å². The van der Waals surface area contributed by atoms with E-state index in [0.29, 0.717) is 27.7 Å². The van der Waals surface area contributed by atoms with Crippen LogP contribution in [0, 0.1) is 5.82 Å². The molecule has 2 aromatic rings. The molecule has 0 atom stereocenters. The van der Waals surface area contributed by atoms with Gasteiger partial charge >= 0.3 is 0 Å². The summed E-state index contributed by atoms with van der Waals surface area (Å²) in [6.45, 7) is 0.682. The van der Waals surface area contributed by atoms with Crippen LogP contribution in [0.3, 0.4) is 0 Å². The molecule has 0 aliphatic heterocycles. The number of rotatable bonds is 3. The third kappa shape index (κ3) is 3.02. The lowest BCUT2D eigenvalue weighted by atomic mass is 10.0. The molecule has 1 nitrogen and oxygen atoms in total. The molecule has 0 bridgehead atoms. The lowest BCUT2D eigenvalue weighted by molar-refractivity contribution is 0.630. The minimum atomic E-state index is -0.284. The number of hydrogen-bond donors (Lipinski definition) is 1. The fourth-order valence-electron chi connectivity index (χ4n) is 1.82. The molecular formula is C14H12Cl2FN. The van der Waals surface area contributed by atoms with Crippen molar-refractivity contribution in [2.75, 3.05) is 7.05 Å². The van der Waals surface area contributed by atoms with Crippen LogP contribution in [0.2, 0.25) is 10.0 Å².